The zero-order valence-electron chi connectivity index (χ0n) is 10.8. The summed E-state index contributed by atoms with van der Waals surface area (Å²) >= 11 is 0. The molecule has 0 bridgehead atoms. The van der Waals surface area contributed by atoms with Crippen LogP contribution in [0.4, 0.5) is 5.69 Å². The molecule has 0 heterocycles. The van der Waals surface area contributed by atoms with Gasteiger partial charge in [-0.2, -0.15) is 0 Å². The molecule has 0 N–H and O–H groups in total. The summed E-state index contributed by atoms with van der Waals surface area (Å²) in [4.78, 5) is 22.1. The molecule has 0 atom stereocenters. The van der Waals surface area contributed by atoms with Crippen LogP contribution >= 0.6 is 0 Å². The van der Waals surface area contributed by atoms with Crippen LogP contribution in [0.1, 0.15) is 25.8 Å². The molecule has 0 aliphatic heterocycles. The molecule has 1 aromatic rings. The van der Waals surface area contributed by atoms with Gasteiger partial charge < -0.3 is 4.74 Å². The Kier molecular flexibility index (Phi) is 4.83. The topological polar surface area (TPSA) is 69.4 Å². The average Bonchev–Trinajstić information content (AvgIpc) is 2.28. The number of nitro groups is 1. The molecule has 0 amide bonds. The van der Waals surface area contributed by atoms with Crippen molar-refractivity contribution in [2.75, 3.05) is 7.11 Å². The van der Waals surface area contributed by atoms with Crippen molar-refractivity contribution < 1.29 is 14.5 Å². The van der Waals surface area contributed by atoms with E-state index in [1.165, 1.54) is 13.2 Å². The summed E-state index contributed by atoms with van der Waals surface area (Å²) in [6.45, 7) is 3.89. The average molecular weight is 251 g/mol. The van der Waals surface area contributed by atoms with Crippen LogP contribution in [0.3, 0.4) is 0 Å². The minimum atomic E-state index is -0.486. The highest BCUT2D eigenvalue weighted by Gasteiger charge is 2.18. The van der Waals surface area contributed by atoms with Crippen molar-refractivity contribution in [3.8, 4) is 5.75 Å². The lowest BCUT2D eigenvalue weighted by atomic mass is 10.00. The van der Waals surface area contributed by atoms with Crippen molar-refractivity contribution in [3.63, 3.8) is 0 Å². The van der Waals surface area contributed by atoms with Crippen molar-refractivity contribution in [3.05, 3.63) is 33.9 Å². The number of nitro benzene ring substituents is 1. The Morgan fingerprint density at radius 2 is 2.11 bits per heavy atom. The zero-order chi connectivity index (χ0) is 13.7. The lowest BCUT2D eigenvalue weighted by Crippen LogP contribution is -2.08. The summed E-state index contributed by atoms with van der Waals surface area (Å²) in [6, 6.07) is 4.55. The highest BCUT2D eigenvalue weighted by Crippen LogP contribution is 2.25. The lowest BCUT2D eigenvalue weighted by Gasteiger charge is -2.06. The van der Waals surface area contributed by atoms with Gasteiger partial charge in [-0.15, -0.1) is 0 Å². The maximum absolute atomic E-state index is 11.7. The molecule has 0 aromatic heterocycles. The van der Waals surface area contributed by atoms with Crippen LogP contribution in [0.15, 0.2) is 18.2 Å². The third-order valence-corrected chi connectivity index (χ3v) is 2.51. The Morgan fingerprint density at radius 3 is 2.61 bits per heavy atom. The van der Waals surface area contributed by atoms with Crippen LogP contribution in [-0.4, -0.2) is 17.8 Å². The Bertz CT molecular complexity index is 454. The number of carbonyl (C=O) groups excluding carboxylic acids is 1. The minimum absolute atomic E-state index is 0.0123. The maximum atomic E-state index is 11.7. The summed E-state index contributed by atoms with van der Waals surface area (Å²) < 4.78 is 4.94. The van der Waals surface area contributed by atoms with Crippen LogP contribution in [0.25, 0.3) is 0 Å². The van der Waals surface area contributed by atoms with Gasteiger partial charge >= 0.3 is 0 Å². The first kappa shape index (κ1) is 14.2. The van der Waals surface area contributed by atoms with Gasteiger partial charge in [0.1, 0.15) is 11.5 Å². The molecule has 0 saturated heterocycles. The summed E-state index contributed by atoms with van der Waals surface area (Å²) in [7, 11) is 1.45. The van der Waals surface area contributed by atoms with E-state index in [-0.39, 0.29) is 23.8 Å². The Morgan fingerprint density at radius 1 is 1.44 bits per heavy atom. The van der Waals surface area contributed by atoms with Crippen molar-refractivity contribution in [2.24, 2.45) is 5.92 Å². The fourth-order valence-electron chi connectivity index (χ4n) is 1.73. The second-order valence-corrected chi connectivity index (χ2v) is 4.57. The van der Waals surface area contributed by atoms with Crippen LogP contribution < -0.4 is 4.74 Å². The summed E-state index contributed by atoms with van der Waals surface area (Å²) in [5.41, 5.74) is 0.373. The molecule has 18 heavy (non-hydrogen) atoms. The molecule has 98 valence electrons. The molecule has 1 rings (SSSR count). The number of Topliss-reactive ketones (excluding diaryl/α,β-unsaturated/α-hetero) is 1. The van der Waals surface area contributed by atoms with E-state index in [2.05, 4.69) is 0 Å². The molecular weight excluding hydrogens is 234 g/mol. The lowest BCUT2D eigenvalue weighted by molar-refractivity contribution is -0.385. The van der Waals surface area contributed by atoms with E-state index in [0.29, 0.717) is 17.7 Å². The molecule has 0 fully saturated rings. The quantitative estimate of drug-likeness (QED) is 0.575. The fraction of sp³-hybridized carbons (Fsp3) is 0.462. The van der Waals surface area contributed by atoms with Gasteiger partial charge in [-0.05, 0) is 18.1 Å². The van der Waals surface area contributed by atoms with Gasteiger partial charge in [-0.25, -0.2) is 0 Å². The number of nitrogens with zero attached hydrogens (tertiary/aromatic N) is 1. The van der Waals surface area contributed by atoms with E-state index in [4.69, 9.17) is 4.74 Å². The van der Waals surface area contributed by atoms with Gasteiger partial charge in [0.15, 0.2) is 0 Å². The molecule has 1 aromatic carbocycles. The predicted molar refractivity (Wildman–Crippen MR) is 67.8 cm³/mol. The van der Waals surface area contributed by atoms with E-state index in [1.54, 1.807) is 12.1 Å². The minimum Gasteiger partial charge on any atom is -0.497 e. The summed E-state index contributed by atoms with van der Waals surface area (Å²) in [6.07, 6.45) is 0.529. The van der Waals surface area contributed by atoms with Gasteiger partial charge in [0.2, 0.25) is 0 Å². The number of ether oxygens (including phenoxy) is 1. The Hall–Kier alpha value is -1.91. The smallest absolute Gasteiger partial charge is 0.276 e. The van der Waals surface area contributed by atoms with Crippen molar-refractivity contribution in [1.82, 2.24) is 0 Å². The summed E-state index contributed by atoms with van der Waals surface area (Å²) in [5, 5.41) is 10.9. The van der Waals surface area contributed by atoms with Crippen molar-refractivity contribution in [1.29, 1.82) is 0 Å². The van der Waals surface area contributed by atoms with E-state index in [1.807, 2.05) is 13.8 Å². The number of hydrogen-bond donors (Lipinski definition) is 0. The largest absolute Gasteiger partial charge is 0.497 e. The number of methoxy groups -OCH3 is 1. The number of ketones is 1. The van der Waals surface area contributed by atoms with Crippen molar-refractivity contribution in [2.45, 2.75) is 26.7 Å². The molecule has 5 heteroatoms. The van der Waals surface area contributed by atoms with E-state index < -0.39 is 4.92 Å². The van der Waals surface area contributed by atoms with Gasteiger partial charge in [-0.1, -0.05) is 13.8 Å². The normalized spacial score (nSPS) is 10.4. The first-order chi connectivity index (χ1) is 8.43. The maximum Gasteiger partial charge on any atom is 0.276 e. The standard InChI is InChI=1S/C13H17NO4/c1-9(2)6-11(15)7-10-4-5-12(18-3)8-13(10)14(16)17/h4-5,8-9H,6-7H2,1-3H3. The molecule has 0 aliphatic carbocycles. The molecular formula is C13H17NO4. The van der Waals surface area contributed by atoms with Gasteiger partial charge in [0.05, 0.1) is 18.1 Å². The van der Waals surface area contributed by atoms with Gasteiger partial charge in [0, 0.05) is 18.4 Å². The predicted octanol–water partition coefficient (Wildman–Crippen LogP) is 2.76. The molecule has 0 aliphatic rings. The zero-order valence-corrected chi connectivity index (χ0v) is 10.8. The number of hydrogen-bond acceptors (Lipinski definition) is 4. The van der Waals surface area contributed by atoms with Crippen molar-refractivity contribution >= 4 is 11.5 Å². The Balaban J connectivity index is 2.94. The first-order valence-electron chi connectivity index (χ1n) is 5.77. The van der Waals surface area contributed by atoms with Crippen LogP contribution in [0.2, 0.25) is 0 Å². The molecule has 0 saturated carbocycles. The van der Waals surface area contributed by atoms with Gasteiger partial charge in [0.25, 0.3) is 5.69 Å². The molecule has 0 spiro atoms. The number of rotatable bonds is 6. The Labute approximate surface area is 106 Å². The SMILES string of the molecule is COc1ccc(CC(=O)CC(C)C)c([N+](=O)[O-])c1. The molecule has 5 nitrogen and oxygen atoms in total. The number of carbonyl (C=O) groups is 1. The van der Waals surface area contributed by atoms with Crippen LogP contribution in [0.5, 0.6) is 5.75 Å². The second-order valence-electron chi connectivity index (χ2n) is 4.57. The highest BCUT2D eigenvalue weighted by molar-refractivity contribution is 5.82. The van der Waals surface area contributed by atoms with E-state index in [9.17, 15) is 14.9 Å². The van der Waals surface area contributed by atoms with Crippen LogP contribution in [-0.2, 0) is 11.2 Å². The van der Waals surface area contributed by atoms with Gasteiger partial charge in [-0.3, -0.25) is 14.9 Å². The first-order valence-corrected chi connectivity index (χ1v) is 5.77. The second kappa shape index (κ2) is 6.14. The third-order valence-electron chi connectivity index (χ3n) is 2.51. The van der Waals surface area contributed by atoms with E-state index >= 15 is 0 Å². The fourth-order valence-corrected chi connectivity index (χ4v) is 1.73. The summed E-state index contributed by atoms with van der Waals surface area (Å²) in [5.74, 6) is 0.690. The molecule has 0 radical (unpaired) electrons. The monoisotopic (exact) mass is 251 g/mol. The van der Waals surface area contributed by atoms with Crippen LogP contribution in [0, 0.1) is 16.0 Å². The van der Waals surface area contributed by atoms with E-state index in [0.717, 1.165) is 0 Å². The number of benzene rings is 1. The highest BCUT2D eigenvalue weighted by atomic mass is 16.6. The molecule has 0 unspecified atom stereocenters. The third kappa shape index (κ3) is 3.84.